The molecule has 8 heteroatoms. The number of carbonyl (C=O) groups is 1. The lowest BCUT2D eigenvalue weighted by Crippen LogP contribution is -2.36. The van der Waals surface area contributed by atoms with Crippen molar-refractivity contribution in [2.24, 2.45) is 7.05 Å². The first-order valence-electron chi connectivity index (χ1n) is 7.56. The highest BCUT2D eigenvalue weighted by molar-refractivity contribution is 5.95. The first-order chi connectivity index (χ1) is 11.3. The Bertz CT molecular complexity index is 827. The number of hydrogen-bond acceptors (Lipinski definition) is 3. The van der Waals surface area contributed by atoms with Gasteiger partial charge in [-0.3, -0.25) is 19.6 Å². The van der Waals surface area contributed by atoms with Crippen molar-refractivity contribution < 1.29 is 13.6 Å². The Balaban J connectivity index is 1.90. The number of rotatable bonds is 3. The monoisotopic (exact) mass is 336 g/mol. The van der Waals surface area contributed by atoms with Gasteiger partial charge in [0.2, 0.25) is 5.91 Å². The fourth-order valence-corrected chi connectivity index (χ4v) is 2.82. The normalized spacial score (nSPS) is 19.4. The molecular formula is C16H18F2N4O2. The zero-order valence-electron chi connectivity index (χ0n) is 13.3. The molecule has 2 aromatic rings. The smallest absolute Gasteiger partial charge is 0.295 e. The maximum absolute atomic E-state index is 13.2. The minimum atomic E-state index is -2.90. The molecule has 1 amide bonds. The average Bonchev–Trinajstić information content (AvgIpc) is 3.01. The first kappa shape index (κ1) is 16.4. The van der Waals surface area contributed by atoms with Gasteiger partial charge in [-0.05, 0) is 19.1 Å². The van der Waals surface area contributed by atoms with Crippen LogP contribution in [0.2, 0.25) is 0 Å². The standard InChI is InChI=1S/C16H18F2N4O2/c1-10-13(20-14(23)12-8-16(17,18)9-19-12)15(24)22(21(10)2)11-6-4-3-5-7-11/h3-7,12,19H,8-9H2,1-2H3,(H,20,23). The van der Waals surface area contributed by atoms with E-state index in [1.54, 1.807) is 42.9 Å². The third-order valence-corrected chi connectivity index (χ3v) is 4.23. The van der Waals surface area contributed by atoms with Crippen LogP contribution in [0.4, 0.5) is 14.5 Å². The molecule has 3 rings (SSSR count). The van der Waals surface area contributed by atoms with Crippen LogP contribution < -0.4 is 16.2 Å². The van der Waals surface area contributed by atoms with Crippen LogP contribution in [0, 0.1) is 6.92 Å². The number of benzene rings is 1. The van der Waals surface area contributed by atoms with Gasteiger partial charge in [0, 0.05) is 13.5 Å². The molecule has 1 atom stereocenters. The van der Waals surface area contributed by atoms with Gasteiger partial charge in [-0.15, -0.1) is 0 Å². The molecule has 1 aliphatic heterocycles. The Morgan fingerprint density at radius 3 is 2.58 bits per heavy atom. The lowest BCUT2D eigenvalue weighted by molar-refractivity contribution is -0.118. The van der Waals surface area contributed by atoms with Gasteiger partial charge in [0.1, 0.15) is 5.69 Å². The number of nitrogens with zero attached hydrogens (tertiary/aromatic N) is 2. The van der Waals surface area contributed by atoms with E-state index < -0.39 is 36.4 Å². The van der Waals surface area contributed by atoms with Crippen molar-refractivity contribution >= 4 is 11.6 Å². The zero-order chi connectivity index (χ0) is 17.5. The molecule has 1 unspecified atom stereocenters. The van der Waals surface area contributed by atoms with Gasteiger partial charge in [0.25, 0.3) is 11.5 Å². The van der Waals surface area contributed by atoms with Gasteiger partial charge in [0.05, 0.1) is 24.0 Å². The molecule has 1 aliphatic rings. The molecule has 0 radical (unpaired) electrons. The van der Waals surface area contributed by atoms with Gasteiger partial charge in [-0.25, -0.2) is 13.5 Å². The quantitative estimate of drug-likeness (QED) is 0.891. The SMILES string of the molecule is Cc1c(NC(=O)C2CC(F)(F)CN2)c(=O)n(-c2ccccc2)n1C. The number of anilines is 1. The molecule has 0 aliphatic carbocycles. The Morgan fingerprint density at radius 2 is 2.00 bits per heavy atom. The molecule has 1 fully saturated rings. The van der Waals surface area contributed by atoms with Crippen LogP contribution in [0.5, 0.6) is 0 Å². The van der Waals surface area contributed by atoms with Gasteiger partial charge in [0.15, 0.2) is 0 Å². The number of halogens is 2. The Kier molecular flexibility index (Phi) is 4.00. The molecule has 1 saturated heterocycles. The molecule has 0 spiro atoms. The van der Waals surface area contributed by atoms with Crippen molar-refractivity contribution in [3.8, 4) is 5.69 Å². The lowest BCUT2D eigenvalue weighted by Gasteiger charge is -2.10. The van der Waals surface area contributed by atoms with Crippen LogP contribution in [-0.4, -0.2) is 33.8 Å². The number of alkyl halides is 2. The van der Waals surface area contributed by atoms with E-state index in [0.29, 0.717) is 11.4 Å². The van der Waals surface area contributed by atoms with E-state index >= 15 is 0 Å². The Morgan fingerprint density at radius 1 is 1.33 bits per heavy atom. The van der Waals surface area contributed by atoms with Crippen molar-refractivity contribution in [1.29, 1.82) is 0 Å². The Hall–Kier alpha value is -2.48. The highest BCUT2D eigenvalue weighted by Crippen LogP contribution is 2.26. The number of carbonyl (C=O) groups excluding carboxylic acids is 1. The summed E-state index contributed by atoms with van der Waals surface area (Å²) in [4.78, 5) is 24.8. The maximum atomic E-state index is 13.2. The van der Waals surface area contributed by atoms with Gasteiger partial charge in [-0.2, -0.15) is 0 Å². The van der Waals surface area contributed by atoms with E-state index in [4.69, 9.17) is 0 Å². The van der Waals surface area contributed by atoms with Crippen LogP contribution >= 0.6 is 0 Å². The zero-order valence-corrected chi connectivity index (χ0v) is 13.3. The van der Waals surface area contributed by atoms with Crippen LogP contribution in [0.1, 0.15) is 12.1 Å². The number of hydrogen-bond donors (Lipinski definition) is 2. The van der Waals surface area contributed by atoms with E-state index in [1.165, 1.54) is 4.68 Å². The summed E-state index contributed by atoms with van der Waals surface area (Å²) in [6.07, 6.45) is -0.572. The van der Waals surface area contributed by atoms with E-state index in [1.807, 2.05) is 6.07 Å². The molecule has 6 nitrogen and oxygen atoms in total. The number of amides is 1. The van der Waals surface area contributed by atoms with E-state index in [2.05, 4.69) is 10.6 Å². The maximum Gasteiger partial charge on any atom is 0.295 e. The molecule has 2 N–H and O–H groups in total. The summed E-state index contributed by atoms with van der Waals surface area (Å²) in [5, 5.41) is 4.98. The Labute approximate surface area is 137 Å². The average molecular weight is 336 g/mol. The molecule has 1 aromatic heterocycles. The highest BCUT2D eigenvalue weighted by atomic mass is 19.3. The second kappa shape index (κ2) is 5.86. The second-order valence-electron chi connectivity index (χ2n) is 5.92. The summed E-state index contributed by atoms with van der Waals surface area (Å²) in [7, 11) is 1.70. The summed E-state index contributed by atoms with van der Waals surface area (Å²) < 4.78 is 29.5. The topological polar surface area (TPSA) is 68.1 Å². The lowest BCUT2D eigenvalue weighted by atomic mass is 10.2. The summed E-state index contributed by atoms with van der Waals surface area (Å²) in [6.45, 7) is 1.15. The minimum Gasteiger partial charge on any atom is -0.319 e. The molecule has 1 aromatic carbocycles. The summed E-state index contributed by atoms with van der Waals surface area (Å²) in [5.74, 6) is -3.53. The molecule has 0 bridgehead atoms. The minimum absolute atomic E-state index is 0.100. The van der Waals surface area contributed by atoms with Crippen LogP contribution in [-0.2, 0) is 11.8 Å². The van der Waals surface area contributed by atoms with Gasteiger partial charge in [-0.1, -0.05) is 18.2 Å². The van der Waals surface area contributed by atoms with Gasteiger partial charge < -0.3 is 5.32 Å². The fraction of sp³-hybridized carbons (Fsp3) is 0.375. The molecule has 128 valence electrons. The number of para-hydroxylation sites is 1. The number of nitrogens with one attached hydrogen (secondary N) is 2. The van der Waals surface area contributed by atoms with Gasteiger partial charge >= 0.3 is 0 Å². The highest BCUT2D eigenvalue weighted by Gasteiger charge is 2.42. The summed E-state index contributed by atoms with van der Waals surface area (Å²) in [6, 6.07) is 7.96. The fourth-order valence-electron chi connectivity index (χ4n) is 2.82. The van der Waals surface area contributed by atoms with Crippen LogP contribution in [0.3, 0.4) is 0 Å². The van der Waals surface area contributed by atoms with E-state index in [0.717, 1.165) is 0 Å². The van der Waals surface area contributed by atoms with Crippen molar-refractivity contribution in [3.63, 3.8) is 0 Å². The van der Waals surface area contributed by atoms with Crippen molar-refractivity contribution in [2.75, 3.05) is 11.9 Å². The summed E-state index contributed by atoms with van der Waals surface area (Å²) >= 11 is 0. The predicted octanol–water partition coefficient (Wildman–Crippen LogP) is 1.42. The summed E-state index contributed by atoms with van der Waals surface area (Å²) in [5.41, 5.74) is 0.892. The molecule has 2 heterocycles. The largest absolute Gasteiger partial charge is 0.319 e. The molecule has 24 heavy (non-hydrogen) atoms. The third-order valence-electron chi connectivity index (χ3n) is 4.23. The van der Waals surface area contributed by atoms with Crippen molar-refractivity contribution in [2.45, 2.75) is 25.3 Å². The predicted molar refractivity (Wildman–Crippen MR) is 85.7 cm³/mol. The van der Waals surface area contributed by atoms with E-state index in [9.17, 15) is 18.4 Å². The van der Waals surface area contributed by atoms with E-state index in [-0.39, 0.29) is 5.69 Å². The second-order valence-corrected chi connectivity index (χ2v) is 5.92. The van der Waals surface area contributed by atoms with Crippen LogP contribution in [0.25, 0.3) is 5.69 Å². The first-order valence-corrected chi connectivity index (χ1v) is 7.56. The molecular weight excluding hydrogens is 318 g/mol. The van der Waals surface area contributed by atoms with Crippen molar-refractivity contribution in [3.05, 3.63) is 46.4 Å². The molecule has 0 saturated carbocycles. The third kappa shape index (κ3) is 2.84. The van der Waals surface area contributed by atoms with Crippen molar-refractivity contribution in [1.82, 2.24) is 14.7 Å². The number of aromatic nitrogens is 2. The van der Waals surface area contributed by atoms with Crippen LogP contribution in [0.15, 0.2) is 35.1 Å².